The van der Waals surface area contributed by atoms with Crippen molar-refractivity contribution in [3.63, 3.8) is 0 Å². The molecule has 132 valence electrons. The molecule has 9 nitrogen and oxygen atoms in total. The number of carbonyl (C=O) groups is 2. The number of hydrogen-bond acceptors (Lipinski definition) is 6. The van der Waals surface area contributed by atoms with Crippen LogP contribution in [-0.2, 0) is 4.79 Å². The first-order valence-electron chi connectivity index (χ1n) is 7.49. The fraction of sp³-hybridized carbons (Fsp3) is 0.0588. The summed E-state index contributed by atoms with van der Waals surface area (Å²) in [5.74, 6) is 4.16. The number of hydrogen-bond donors (Lipinski definition) is 3. The average Bonchev–Trinajstić information content (AvgIpc) is 2.95. The number of phenolic OH excluding ortho intramolecular Hbond substituents is 1. The number of nitrogens with two attached hydrogens (primary N) is 1. The third-order valence-corrected chi connectivity index (χ3v) is 4.03. The molecule has 2 aromatic rings. The maximum absolute atomic E-state index is 12.6. The Morgan fingerprint density at radius 3 is 2.65 bits per heavy atom. The van der Waals surface area contributed by atoms with Gasteiger partial charge in [-0.2, -0.15) is 0 Å². The van der Waals surface area contributed by atoms with Gasteiger partial charge in [-0.3, -0.25) is 19.7 Å². The number of nitro benzene ring substituents is 1. The molecular weight excluding hydrogens is 340 g/mol. The van der Waals surface area contributed by atoms with Crippen molar-refractivity contribution >= 4 is 28.8 Å². The van der Waals surface area contributed by atoms with Gasteiger partial charge in [0.25, 0.3) is 11.8 Å². The highest BCUT2D eigenvalue weighted by molar-refractivity contribution is 6.32. The third kappa shape index (κ3) is 2.76. The molecule has 26 heavy (non-hydrogen) atoms. The summed E-state index contributed by atoms with van der Waals surface area (Å²) >= 11 is 0. The lowest BCUT2D eigenvalue weighted by Crippen LogP contribution is -2.36. The number of fused-ring (bicyclic) bond motifs is 1. The molecule has 0 radical (unpaired) electrons. The zero-order chi connectivity index (χ0) is 19.0. The molecule has 2 aromatic carbocycles. The smallest absolute Gasteiger partial charge is 0.311 e. The van der Waals surface area contributed by atoms with Gasteiger partial charge >= 0.3 is 5.69 Å². The van der Waals surface area contributed by atoms with Gasteiger partial charge in [0.1, 0.15) is 0 Å². The van der Waals surface area contributed by atoms with E-state index in [0.717, 1.165) is 17.1 Å². The number of nitrogens with zero attached hydrogens (tertiary/aromatic N) is 2. The van der Waals surface area contributed by atoms with Gasteiger partial charge in [-0.05, 0) is 25.1 Å². The van der Waals surface area contributed by atoms with Crippen LogP contribution in [0.15, 0.2) is 48.2 Å². The fourth-order valence-corrected chi connectivity index (χ4v) is 2.69. The Balaban J connectivity index is 2.00. The molecule has 9 heteroatoms. The number of phenols is 1. The molecule has 0 saturated carbocycles. The lowest BCUT2D eigenvalue weighted by atomic mass is 10.0. The summed E-state index contributed by atoms with van der Waals surface area (Å²) in [6.45, 7) is 1.50. The first-order chi connectivity index (χ1) is 12.3. The molecule has 1 aliphatic heterocycles. The number of hydrazine groups is 1. The highest BCUT2D eigenvalue weighted by atomic mass is 16.6. The Morgan fingerprint density at radius 1 is 1.27 bits per heavy atom. The summed E-state index contributed by atoms with van der Waals surface area (Å²) in [5.41, 5.74) is 0.933. The molecule has 0 unspecified atom stereocenters. The molecule has 1 heterocycles. The van der Waals surface area contributed by atoms with Crippen LogP contribution in [0.1, 0.15) is 22.8 Å². The minimum Gasteiger partial charge on any atom is -0.502 e. The Kier molecular flexibility index (Phi) is 4.15. The van der Waals surface area contributed by atoms with Crippen LogP contribution < -0.4 is 11.2 Å². The van der Waals surface area contributed by atoms with Crippen LogP contribution in [0.5, 0.6) is 5.75 Å². The number of anilines is 1. The predicted molar refractivity (Wildman–Crippen MR) is 92.8 cm³/mol. The Hall–Kier alpha value is -3.72. The van der Waals surface area contributed by atoms with Crippen LogP contribution in [0.2, 0.25) is 0 Å². The first-order valence-corrected chi connectivity index (χ1v) is 7.49. The Labute approximate surface area is 147 Å². The summed E-state index contributed by atoms with van der Waals surface area (Å²) in [4.78, 5) is 34.9. The van der Waals surface area contributed by atoms with Crippen molar-refractivity contribution in [3.8, 4) is 5.75 Å². The average molecular weight is 354 g/mol. The second-order valence-corrected chi connectivity index (χ2v) is 5.60. The monoisotopic (exact) mass is 354 g/mol. The predicted octanol–water partition coefficient (Wildman–Crippen LogP) is 2.00. The second-order valence-electron chi connectivity index (χ2n) is 5.60. The molecule has 0 bridgehead atoms. The van der Waals surface area contributed by atoms with Crippen LogP contribution in [0.25, 0.3) is 5.57 Å². The fourth-order valence-electron chi connectivity index (χ4n) is 2.69. The zero-order valence-corrected chi connectivity index (χ0v) is 13.6. The van der Waals surface area contributed by atoms with E-state index in [9.17, 15) is 24.8 Å². The number of benzene rings is 2. The van der Waals surface area contributed by atoms with E-state index in [1.54, 1.807) is 24.3 Å². The lowest BCUT2D eigenvalue weighted by Gasteiger charge is -2.19. The van der Waals surface area contributed by atoms with Gasteiger partial charge in [0.2, 0.25) is 0 Å². The largest absolute Gasteiger partial charge is 0.502 e. The maximum atomic E-state index is 12.6. The van der Waals surface area contributed by atoms with Crippen molar-refractivity contribution in [2.24, 2.45) is 5.84 Å². The number of allylic oxidation sites excluding steroid dienone is 1. The molecule has 3 rings (SSSR count). The van der Waals surface area contributed by atoms with E-state index in [4.69, 9.17) is 5.84 Å². The van der Waals surface area contributed by atoms with Crippen LogP contribution in [0, 0.1) is 10.1 Å². The van der Waals surface area contributed by atoms with E-state index >= 15 is 0 Å². The standard InChI is InChI=1S/C17H14N4O5/c1-9(15-11-4-2-3-5-12(11)19-16(15)23)20(18)17(24)10-6-7-14(22)13(8-10)21(25)26/h2-8,22H,18H2,1H3,(H,19,23)/b15-9+. The van der Waals surface area contributed by atoms with Crippen molar-refractivity contribution in [2.45, 2.75) is 6.92 Å². The summed E-state index contributed by atoms with van der Waals surface area (Å²) in [7, 11) is 0. The second kappa shape index (κ2) is 6.30. The third-order valence-electron chi connectivity index (χ3n) is 4.03. The van der Waals surface area contributed by atoms with Crippen molar-refractivity contribution in [2.75, 3.05) is 5.32 Å². The Bertz CT molecular complexity index is 983. The quantitative estimate of drug-likeness (QED) is 0.253. The minimum absolute atomic E-state index is 0.0939. The number of aromatic hydroxyl groups is 1. The summed E-state index contributed by atoms with van der Waals surface area (Å²) in [5, 5.41) is 23.8. The lowest BCUT2D eigenvalue weighted by molar-refractivity contribution is -0.385. The van der Waals surface area contributed by atoms with Gasteiger partial charge in [-0.1, -0.05) is 18.2 Å². The van der Waals surface area contributed by atoms with Gasteiger partial charge in [0, 0.05) is 28.6 Å². The minimum atomic E-state index is -0.807. The molecule has 0 saturated heterocycles. The van der Waals surface area contributed by atoms with Crippen molar-refractivity contribution < 1.29 is 19.6 Å². The van der Waals surface area contributed by atoms with Crippen molar-refractivity contribution in [1.82, 2.24) is 5.01 Å². The van der Waals surface area contributed by atoms with Crippen LogP contribution >= 0.6 is 0 Å². The van der Waals surface area contributed by atoms with Gasteiger partial charge < -0.3 is 10.4 Å². The highest BCUT2D eigenvalue weighted by Crippen LogP contribution is 2.34. The molecule has 1 aliphatic rings. The molecule has 2 amide bonds. The summed E-state index contributed by atoms with van der Waals surface area (Å²) in [6.07, 6.45) is 0. The van der Waals surface area contributed by atoms with E-state index in [2.05, 4.69) is 5.32 Å². The molecule has 0 fully saturated rings. The summed E-state index contributed by atoms with van der Waals surface area (Å²) in [6, 6.07) is 10.1. The van der Waals surface area contributed by atoms with Crippen LogP contribution in [-0.4, -0.2) is 26.9 Å². The van der Waals surface area contributed by atoms with E-state index in [-0.39, 0.29) is 16.8 Å². The number of nitrogens with one attached hydrogen (secondary N) is 1. The topological polar surface area (TPSA) is 139 Å². The summed E-state index contributed by atoms with van der Waals surface area (Å²) < 4.78 is 0. The number of rotatable bonds is 3. The number of amides is 2. The molecule has 4 N–H and O–H groups in total. The Morgan fingerprint density at radius 2 is 1.96 bits per heavy atom. The van der Waals surface area contributed by atoms with Gasteiger partial charge in [0.05, 0.1) is 10.5 Å². The first kappa shape index (κ1) is 17.1. The molecule has 0 atom stereocenters. The van der Waals surface area contributed by atoms with E-state index in [1.807, 2.05) is 0 Å². The number of carbonyl (C=O) groups excluding carboxylic acids is 2. The van der Waals surface area contributed by atoms with E-state index in [0.29, 0.717) is 11.3 Å². The van der Waals surface area contributed by atoms with Crippen molar-refractivity contribution in [1.29, 1.82) is 0 Å². The van der Waals surface area contributed by atoms with Gasteiger partial charge in [-0.25, -0.2) is 10.9 Å². The van der Waals surface area contributed by atoms with E-state index < -0.39 is 28.2 Å². The van der Waals surface area contributed by atoms with Crippen LogP contribution in [0.4, 0.5) is 11.4 Å². The van der Waals surface area contributed by atoms with Gasteiger partial charge in [0.15, 0.2) is 5.75 Å². The van der Waals surface area contributed by atoms with E-state index in [1.165, 1.54) is 13.0 Å². The zero-order valence-electron chi connectivity index (χ0n) is 13.6. The number of nitro groups is 1. The molecule has 0 aliphatic carbocycles. The van der Waals surface area contributed by atoms with Crippen molar-refractivity contribution in [3.05, 3.63) is 69.4 Å². The SMILES string of the molecule is C/C(=C1\C(=O)Nc2ccccc21)N(N)C(=O)c1ccc(O)c([N+](=O)[O-])c1. The highest BCUT2D eigenvalue weighted by Gasteiger charge is 2.29. The normalized spacial score (nSPS) is 14.5. The molecule has 0 spiro atoms. The number of para-hydroxylation sites is 1. The molecule has 0 aromatic heterocycles. The van der Waals surface area contributed by atoms with Crippen LogP contribution in [0.3, 0.4) is 0 Å². The molecular formula is C17H14N4O5. The maximum Gasteiger partial charge on any atom is 0.311 e. The van der Waals surface area contributed by atoms with Gasteiger partial charge in [-0.15, -0.1) is 0 Å².